The summed E-state index contributed by atoms with van der Waals surface area (Å²) in [6.45, 7) is 18.6. The number of benzene rings is 2. The molecule has 16 nitrogen and oxygen atoms in total. The number of esters is 1. The lowest BCUT2D eigenvalue weighted by Gasteiger charge is -2.48. The van der Waals surface area contributed by atoms with E-state index in [1.165, 1.54) is 20.1 Å². The number of cyclic esters (lactones) is 1. The summed E-state index contributed by atoms with van der Waals surface area (Å²) < 4.78 is 38.3. The van der Waals surface area contributed by atoms with E-state index in [9.17, 15) is 35.1 Å². The minimum absolute atomic E-state index is 0.0934. The number of hydrogen-bond donors (Lipinski definition) is 6. The van der Waals surface area contributed by atoms with E-state index in [-0.39, 0.29) is 43.2 Å². The van der Waals surface area contributed by atoms with Gasteiger partial charge in [-0.05, 0) is 136 Å². The maximum absolute atomic E-state index is 14.7. The maximum Gasteiger partial charge on any atom is 0.311 e. The molecule has 0 aliphatic carbocycles. The van der Waals surface area contributed by atoms with Crippen LogP contribution in [-0.2, 0) is 38.0 Å². The number of fused-ring (bicyclic) bond motifs is 5. The maximum atomic E-state index is 14.7. The van der Waals surface area contributed by atoms with Gasteiger partial charge in [0, 0.05) is 92.9 Å². The number of carbonyl (C=O) groups is 2. The summed E-state index contributed by atoms with van der Waals surface area (Å²) in [7, 11) is 5.26. The number of rotatable bonds is 13. The van der Waals surface area contributed by atoms with E-state index in [4.69, 9.17) is 40.0 Å². The number of halogens is 1. The van der Waals surface area contributed by atoms with Crippen molar-refractivity contribution < 1.29 is 63.5 Å². The predicted molar refractivity (Wildman–Crippen MR) is 304 cm³/mol. The molecule has 0 radical (unpaired) electrons. The lowest BCUT2D eigenvalue weighted by atomic mass is 9.77. The van der Waals surface area contributed by atoms with Crippen molar-refractivity contribution in [3.63, 3.8) is 0 Å². The molecule has 2 aromatic carbocycles. The molecular formula is C59H86ClN3O13S2. The zero-order chi connectivity index (χ0) is 57.2. The van der Waals surface area contributed by atoms with Crippen molar-refractivity contribution in [1.29, 1.82) is 0 Å². The van der Waals surface area contributed by atoms with Gasteiger partial charge in [0.05, 0.1) is 41.5 Å². The van der Waals surface area contributed by atoms with Crippen molar-refractivity contribution in [1.82, 2.24) is 15.1 Å². The lowest BCUT2D eigenvalue weighted by molar-refractivity contribution is -0.318. The van der Waals surface area contributed by atoms with Gasteiger partial charge in [0.15, 0.2) is 12.6 Å². The van der Waals surface area contributed by atoms with E-state index >= 15 is 0 Å². The lowest BCUT2D eigenvalue weighted by Crippen LogP contribution is -2.60. The molecular weight excluding hydrogens is 1060 g/mol. The SMILES string of the molecule is CC[C@H]1OC(=O)[C@H](C)[C@@H](O[C@H]2C[C@@](C)(OC)[C@@H](O)[C@H](C)O2)[C@H](C)[C@@H](O[C@@H]2O[C@H](C)C[C@H](N(C)C)[C@H]2O)[C@](C)(O)C[C@@H](C)CN(CCCNC(=O)/C=C/c2cc3c(s2)-c2cc(Cl)ccc2Sc2ccccc2-3)[C@H](C)[C@@H](O)[C@]1(C)O. The van der Waals surface area contributed by atoms with Crippen LogP contribution in [0.1, 0.15) is 106 Å². The van der Waals surface area contributed by atoms with Gasteiger partial charge in [0.2, 0.25) is 5.91 Å². The molecule has 1 amide bonds. The number of carbonyl (C=O) groups excluding carboxylic acids is 2. The van der Waals surface area contributed by atoms with Crippen LogP contribution in [0.3, 0.4) is 0 Å². The summed E-state index contributed by atoms with van der Waals surface area (Å²) in [5.74, 6) is -3.20. The largest absolute Gasteiger partial charge is 0.459 e. The molecule has 1 aromatic heterocycles. The minimum atomic E-state index is -1.94. The molecule has 78 heavy (non-hydrogen) atoms. The van der Waals surface area contributed by atoms with Crippen LogP contribution >= 0.6 is 34.7 Å². The van der Waals surface area contributed by atoms with E-state index in [0.717, 1.165) is 36.2 Å². The van der Waals surface area contributed by atoms with E-state index < -0.39 is 96.0 Å². The molecule has 0 bridgehead atoms. The van der Waals surface area contributed by atoms with Crippen molar-refractivity contribution in [2.24, 2.45) is 17.8 Å². The standard InChI is InChI=1S/C59H86ClN3O13S2/c1-14-46-59(10,70)52(66)36(6)63(25-17-24-61-47(64)23-21-39-28-41-40-18-15-16-19-44(40)78-45-22-20-38(60)27-42(45)51(41)77-39)31-32(2)29-57(8,69)54(76-56-49(65)43(62(11)12)26-33(3)72-56)34(4)50(35(5)55(68)74-46)75-48-30-58(9,71-13)53(67)37(7)73-48/h15-16,18-23,27-28,32-37,43,46,48-50,52-54,56,65-67,69-70H,14,17,24-26,29-31H2,1-13H3,(H,61,64)/b23-21+/t32-,33-,34+,35-,36-,37+,43+,46-,48+,49-,50+,52-,53+,54-,56+,57-,58-,59-/m1/s1. The van der Waals surface area contributed by atoms with Crippen LogP contribution in [-0.4, -0.2) is 178 Å². The number of nitrogens with zero attached hydrogens (tertiary/aromatic N) is 2. The molecule has 4 aliphatic heterocycles. The highest BCUT2D eigenvalue weighted by Crippen LogP contribution is 2.52. The third-order valence-corrected chi connectivity index (χ3v) is 19.2. The van der Waals surface area contributed by atoms with Gasteiger partial charge >= 0.3 is 5.97 Å². The molecule has 434 valence electrons. The molecule has 7 rings (SSSR count). The second-order valence-electron chi connectivity index (χ2n) is 23.3. The number of hydrogen-bond acceptors (Lipinski definition) is 17. The number of nitrogens with one attached hydrogen (secondary N) is 1. The third kappa shape index (κ3) is 14.1. The number of likely N-dealkylation sites (N-methyl/N-ethyl adjacent to an activating group) is 1. The molecule has 19 heteroatoms. The average molecular weight is 1140 g/mol. The van der Waals surface area contributed by atoms with Crippen molar-refractivity contribution in [2.75, 3.05) is 40.8 Å². The van der Waals surface area contributed by atoms with Gasteiger partial charge in [-0.25, -0.2) is 0 Å². The summed E-state index contributed by atoms with van der Waals surface area (Å²) >= 11 is 9.81. The Bertz CT molecular complexity index is 2550. The Labute approximate surface area is 475 Å². The molecule has 3 fully saturated rings. The van der Waals surface area contributed by atoms with Gasteiger partial charge in [-0.1, -0.05) is 62.3 Å². The number of aliphatic hydroxyl groups excluding tert-OH is 3. The van der Waals surface area contributed by atoms with Gasteiger partial charge < -0.3 is 64.2 Å². The van der Waals surface area contributed by atoms with Crippen molar-refractivity contribution in [3.8, 4) is 21.6 Å². The van der Waals surface area contributed by atoms with Crippen LogP contribution in [0.5, 0.6) is 0 Å². The van der Waals surface area contributed by atoms with Crippen molar-refractivity contribution >= 4 is 52.7 Å². The minimum Gasteiger partial charge on any atom is -0.459 e. The Morgan fingerprint density at radius 1 is 0.936 bits per heavy atom. The number of ether oxygens (including phenoxy) is 6. The Kier molecular flexibility index (Phi) is 20.9. The zero-order valence-electron chi connectivity index (χ0n) is 47.7. The predicted octanol–water partition coefficient (Wildman–Crippen LogP) is 8.00. The van der Waals surface area contributed by atoms with Gasteiger partial charge in [0.25, 0.3) is 0 Å². The van der Waals surface area contributed by atoms with Crippen molar-refractivity contribution in [2.45, 2.75) is 201 Å². The summed E-state index contributed by atoms with van der Waals surface area (Å²) in [5, 5.41) is 64.1. The second kappa shape index (κ2) is 26.1. The first-order valence-electron chi connectivity index (χ1n) is 27.6. The molecule has 0 unspecified atom stereocenters. The first kappa shape index (κ1) is 62.6. The molecule has 3 saturated heterocycles. The number of methoxy groups -OCH3 is 1. The quantitative estimate of drug-likeness (QED) is 0.0426. The van der Waals surface area contributed by atoms with Crippen LogP contribution in [0.25, 0.3) is 27.6 Å². The second-order valence-corrected chi connectivity index (χ2v) is 25.9. The van der Waals surface area contributed by atoms with Gasteiger partial charge in [-0.3, -0.25) is 14.5 Å². The van der Waals surface area contributed by atoms with Gasteiger partial charge in [-0.2, -0.15) is 0 Å². The fourth-order valence-electron chi connectivity index (χ4n) is 12.2. The monoisotopic (exact) mass is 1140 g/mol. The summed E-state index contributed by atoms with van der Waals surface area (Å²) in [4.78, 5) is 36.3. The van der Waals surface area contributed by atoms with E-state index in [2.05, 4.69) is 23.5 Å². The van der Waals surface area contributed by atoms with Gasteiger partial charge in [0.1, 0.15) is 30.0 Å². The molecule has 5 heterocycles. The average Bonchev–Trinajstić information content (AvgIpc) is 3.79. The van der Waals surface area contributed by atoms with E-state index in [0.29, 0.717) is 37.5 Å². The first-order valence-corrected chi connectivity index (χ1v) is 29.6. The van der Waals surface area contributed by atoms with Crippen LogP contribution in [0.2, 0.25) is 5.02 Å². The fourth-order valence-corrected chi connectivity index (χ4v) is 14.6. The number of thiophene rings is 1. The summed E-state index contributed by atoms with van der Waals surface area (Å²) in [5.41, 5.74) is -1.43. The summed E-state index contributed by atoms with van der Waals surface area (Å²) in [6.07, 6.45) is -5.36. The molecule has 3 aromatic rings. The highest BCUT2D eigenvalue weighted by atomic mass is 35.5. The van der Waals surface area contributed by atoms with E-state index in [1.54, 1.807) is 57.7 Å². The highest BCUT2D eigenvalue weighted by molar-refractivity contribution is 7.99. The first-order chi connectivity index (χ1) is 36.7. The zero-order valence-corrected chi connectivity index (χ0v) is 50.1. The molecule has 18 atom stereocenters. The third-order valence-electron chi connectivity index (χ3n) is 16.7. The smallest absolute Gasteiger partial charge is 0.311 e. The van der Waals surface area contributed by atoms with Crippen molar-refractivity contribution in [3.05, 3.63) is 64.5 Å². The summed E-state index contributed by atoms with van der Waals surface area (Å²) in [6, 6.07) is 15.3. The topological polar surface area (TPSA) is 209 Å². The number of amides is 1. The Morgan fingerprint density at radius 3 is 2.33 bits per heavy atom. The number of aliphatic hydroxyl groups is 5. The molecule has 4 aliphatic rings. The Morgan fingerprint density at radius 2 is 1.64 bits per heavy atom. The van der Waals surface area contributed by atoms with Crippen LogP contribution in [0.4, 0.5) is 0 Å². The van der Waals surface area contributed by atoms with Gasteiger partial charge in [-0.15, -0.1) is 11.3 Å². The molecule has 6 N–H and O–H groups in total. The Hall–Kier alpha value is -3.02. The van der Waals surface area contributed by atoms with Crippen LogP contribution in [0.15, 0.2) is 64.4 Å². The van der Waals surface area contributed by atoms with Crippen LogP contribution < -0.4 is 5.32 Å². The Balaban J connectivity index is 1.14. The normalized spacial score (nSPS) is 37.4. The molecule has 0 saturated carbocycles. The highest BCUT2D eigenvalue weighted by Gasteiger charge is 2.53. The fraction of sp³-hybridized carbons (Fsp3) is 0.661. The van der Waals surface area contributed by atoms with E-state index in [1.807, 2.05) is 88.0 Å². The molecule has 0 spiro atoms. The van der Waals surface area contributed by atoms with Crippen LogP contribution in [0, 0.1) is 17.8 Å².